The Bertz CT molecular complexity index is 694. The number of benzene rings is 1. The van der Waals surface area contributed by atoms with Gasteiger partial charge in [0.1, 0.15) is 0 Å². The molecule has 2 heterocycles. The van der Waals surface area contributed by atoms with Crippen molar-refractivity contribution >= 4 is 17.2 Å². The van der Waals surface area contributed by atoms with Crippen molar-refractivity contribution in [3.63, 3.8) is 0 Å². The van der Waals surface area contributed by atoms with E-state index in [1.54, 1.807) is 11.3 Å². The van der Waals surface area contributed by atoms with Crippen LogP contribution in [0.25, 0.3) is 0 Å². The molecule has 1 aromatic heterocycles. The normalized spacial score (nSPS) is 16.8. The first-order valence-corrected chi connectivity index (χ1v) is 10.7. The summed E-state index contributed by atoms with van der Waals surface area (Å²) in [6, 6.07) is 12.7. The summed E-state index contributed by atoms with van der Waals surface area (Å²) in [6.45, 7) is 5.71. The number of aryl methyl sites for hydroxylation is 1. The molecule has 3 rings (SSSR count). The van der Waals surface area contributed by atoms with Gasteiger partial charge in [0.2, 0.25) is 5.91 Å². The fourth-order valence-corrected chi connectivity index (χ4v) is 4.18. The number of rotatable bonds is 9. The van der Waals surface area contributed by atoms with Crippen LogP contribution >= 0.6 is 11.3 Å². The van der Waals surface area contributed by atoms with E-state index in [9.17, 15) is 4.79 Å². The second-order valence-electron chi connectivity index (χ2n) is 7.30. The van der Waals surface area contributed by atoms with Crippen LogP contribution in [-0.4, -0.2) is 48.6 Å². The van der Waals surface area contributed by atoms with Gasteiger partial charge >= 0.3 is 0 Å². The fraction of sp³-hybridized carbons (Fsp3) is 0.500. The Labute approximate surface area is 166 Å². The molecule has 27 heavy (non-hydrogen) atoms. The molecule has 1 amide bonds. The van der Waals surface area contributed by atoms with Crippen molar-refractivity contribution in [1.82, 2.24) is 9.80 Å². The number of carbonyl (C=O) groups excluding carboxylic acids is 1. The quantitative estimate of drug-likeness (QED) is 0.654. The van der Waals surface area contributed by atoms with Gasteiger partial charge in [0.15, 0.2) is 0 Å². The molecular formula is C22H30N2O2S. The van der Waals surface area contributed by atoms with Gasteiger partial charge in [-0.1, -0.05) is 37.3 Å². The summed E-state index contributed by atoms with van der Waals surface area (Å²) in [5.41, 5.74) is 2.50. The topological polar surface area (TPSA) is 32.8 Å². The van der Waals surface area contributed by atoms with Gasteiger partial charge in [-0.3, -0.25) is 9.69 Å². The van der Waals surface area contributed by atoms with Crippen molar-refractivity contribution in [3.05, 3.63) is 57.8 Å². The molecule has 1 aromatic carbocycles. The number of ether oxygens (including phenoxy) is 1. The molecule has 146 valence electrons. The Balaban J connectivity index is 1.57. The SMILES string of the molecule is CCc1ccc(CN(C)C(=O)CN(Cc2cccs2)CC2CCCO2)cc1. The molecule has 2 aromatic rings. The van der Waals surface area contributed by atoms with Crippen molar-refractivity contribution < 1.29 is 9.53 Å². The minimum Gasteiger partial charge on any atom is -0.377 e. The highest BCUT2D eigenvalue weighted by Gasteiger charge is 2.22. The van der Waals surface area contributed by atoms with E-state index in [0.29, 0.717) is 13.1 Å². The summed E-state index contributed by atoms with van der Waals surface area (Å²) in [5.74, 6) is 0.157. The molecule has 1 fully saturated rings. The summed E-state index contributed by atoms with van der Waals surface area (Å²) >= 11 is 1.74. The van der Waals surface area contributed by atoms with Gasteiger partial charge in [0, 0.05) is 38.2 Å². The highest BCUT2D eigenvalue weighted by molar-refractivity contribution is 7.09. The molecule has 4 nitrogen and oxygen atoms in total. The molecule has 1 atom stereocenters. The minimum atomic E-state index is 0.157. The van der Waals surface area contributed by atoms with Crippen LogP contribution < -0.4 is 0 Å². The lowest BCUT2D eigenvalue weighted by atomic mass is 10.1. The average Bonchev–Trinajstić information content (AvgIpc) is 3.36. The first-order chi connectivity index (χ1) is 13.1. The molecular weight excluding hydrogens is 356 g/mol. The lowest BCUT2D eigenvalue weighted by Crippen LogP contribution is -2.40. The maximum absolute atomic E-state index is 12.8. The van der Waals surface area contributed by atoms with Gasteiger partial charge in [0.25, 0.3) is 0 Å². The average molecular weight is 387 g/mol. The van der Waals surface area contributed by atoms with Crippen molar-refractivity contribution in [2.75, 3.05) is 26.7 Å². The van der Waals surface area contributed by atoms with E-state index in [1.807, 2.05) is 11.9 Å². The Morgan fingerprint density at radius 1 is 1.19 bits per heavy atom. The number of hydrogen-bond acceptors (Lipinski definition) is 4. The smallest absolute Gasteiger partial charge is 0.236 e. The van der Waals surface area contributed by atoms with E-state index in [1.165, 1.54) is 16.0 Å². The molecule has 1 unspecified atom stereocenters. The van der Waals surface area contributed by atoms with Gasteiger partial charge in [-0.2, -0.15) is 0 Å². The summed E-state index contributed by atoms with van der Waals surface area (Å²) in [4.78, 5) is 18.2. The van der Waals surface area contributed by atoms with Crippen LogP contribution in [0.4, 0.5) is 0 Å². The van der Waals surface area contributed by atoms with Gasteiger partial charge in [-0.25, -0.2) is 0 Å². The monoisotopic (exact) mass is 386 g/mol. The van der Waals surface area contributed by atoms with E-state index in [0.717, 1.165) is 39.0 Å². The standard InChI is InChI=1S/C22H30N2O2S/c1-3-18-8-10-19(11-9-18)14-23(2)22(25)17-24(15-20-6-4-12-26-20)16-21-7-5-13-27-21/h5,7-11,13,20H,3-4,6,12,14-17H2,1-2H3. The minimum absolute atomic E-state index is 0.157. The lowest BCUT2D eigenvalue weighted by molar-refractivity contribution is -0.132. The molecule has 0 aliphatic carbocycles. The first kappa shape index (κ1) is 20.1. The molecule has 0 saturated carbocycles. The van der Waals surface area contributed by atoms with Crippen LogP contribution in [-0.2, 0) is 29.0 Å². The van der Waals surface area contributed by atoms with E-state index in [4.69, 9.17) is 4.74 Å². The summed E-state index contributed by atoms with van der Waals surface area (Å²) in [6.07, 6.45) is 3.51. The van der Waals surface area contributed by atoms with Gasteiger partial charge in [0.05, 0.1) is 12.6 Å². The van der Waals surface area contributed by atoms with Crippen LogP contribution in [0.1, 0.15) is 35.8 Å². The molecule has 0 radical (unpaired) electrons. The third-order valence-electron chi connectivity index (χ3n) is 5.08. The number of likely N-dealkylation sites (N-methyl/N-ethyl adjacent to an activating group) is 1. The van der Waals surface area contributed by atoms with E-state index in [2.05, 4.69) is 53.6 Å². The van der Waals surface area contributed by atoms with E-state index < -0.39 is 0 Å². The van der Waals surface area contributed by atoms with Crippen LogP contribution in [0.15, 0.2) is 41.8 Å². The number of hydrogen-bond donors (Lipinski definition) is 0. The summed E-state index contributed by atoms with van der Waals surface area (Å²) in [7, 11) is 1.89. The lowest BCUT2D eigenvalue weighted by Gasteiger charge is -2.27. The zero-order chi connectivity index (χ0) is 19.1. The van der Waals surface area contributed by atoms with E-state index >= 15 is 0 Å². The molecule has 0 spiro atoms. The Morgan fingerprint density at radius 3 is 2.59 bits per heavy atom. The number of carbonyl (C=O) groups is 1. The molecule has 1 aliphatic heterocycles. The Morgan fingerprint density at radius 2 is 1.96 bits per heavy atom. The fourth-order valence-electron chi connectivity index (χ4n) is 3.44. The van der Waals surface area contributed by atoms with Crippen LogP contribution in [0.5, 0.6) is 0 Å². The number of thiophene rings is 1. The number of nitrogens with zero attached hydrogens (tertiary/aromatic N) is 2. The van der Waals surface area contributed by atoms with Crippen molar-refractivity contribution in [1.29, 1.82) is 0 Å². The molecule has 0 bridgehead atoms. The zero-order valence-corrected chi connectivity index (χ0v) is 17.2. The molecule has 1 saturated heterocycles. The predicted molar refractivity (Wildman–Crippen MR) is 111 cm³/mol. The second kappa shape index (κ2) is 10.0. The van der Waals surface area contributed by atoms with E-state index in [-0.39, 0.29) is 12.0 Å². The highest BCUT2D eigenvalue weighted by atomic mass is 32.1. The highest BCUT2D eigenvalue weighted by Crippen LogP contribution is 2.17. The van der Waals surface area contributed by atoms with Gasteiger partial charge in [-0.15, -0.1) is 11.3 Å². The van der Waals surface area contributed by atoms with Crippen LogP contribution in [0.3, 0.4) is 0 Å². The summed E-state index contributed by atoms with van der Waals surface area (Å²) in [5, 5.41) is 2.09. The third kappa shape index (κ3) is 6.16. The van der Waals surface area contributed by atoms with Crippen molar-refractivity contribution in [3.8, 4) is 0 Å². The molecule has 1 aliphatic rings. The van der Waals surface area contributed by atoms with Gasteiger partial charge in [-0.05, 0) is 41.8 Å². The third-order valence-corrected chi connectivity index (χ3v) is 5.94. The zero-order valence-electron chi connectivity index (χ0n) is 16.4. The van der Waals surface area contributed by atoms with Crippen LogP contribution in [0, 0.1) is 0 Å². The van der Waals surface area contributed by atoms with Crippen molar-refractivity contribution in [2.45, 2.75) is 45.4 Å². The maximum Gasteiger partial charge on any atom is 0.236 e. The predicted octanol–water partition coefficient (Wildman–Crippen LogP) is 3.95. The van der Waals surface area contributed by atoms with Crippen LogP contribution in [0.2, 0.25) is 0 Å². The second-order valence-corrected chi connectivity index (χ2v) is 8.34. The first-order valence-electron chi connectivity index (χ1n) is 9.82. The molecule has 5 heteroatoms. The van der Waals surface area contributed by atoms with Gasteiger partial charge < -0.3 is 9.64 Å². The Hall–Kier alpha value is -1.69. The van der Waals surface area contributed by atoms with Crippen molar-refractivity contribution in [2.24, 2.45) is 0 Å². The summed E-state index contributed by atoms with van der Waals surface area (Å²) < 4.78 is 5.80. The molecule has 0 N–H and O–H groups in total. The largest absolute Gasteiger partial charge is 0.377 e. The number of amides is 1. The maximum atomic E-state index is 12.8. The Kier molecular flexibility index (Phi) is 7.44.